The monoisotopic (exact) mass is 313 g/mol. The highest BCUT2D eigenvalue weighted by Gasteiger charge is 2.31. The summed E-state index contributed by atoms with van der Waals surface area (Å²) in [6.45, 7) is 3.19. The molecule has 0 saturated heterocycles. The van der Waals surface area contributed by atoms with Crippen LogP contribution in [-0.2, 0) is 16.1 Å². The highest BCUT2D eigenvalue weighted by molar-refractivity contribution is 5.79. The minimum Gasteiger partial charge on any atom is -0.476 e. The van der Waals surface area contributed by atoms with Crippen molar-refractivity contribution in [3.05, 3.63) is 65.5 Å². The quantitative estimate of drug-likeness (QED) is 0.791. The lowest BCUT2D eigenvalue weighted by molar-refractivity contribution is -0.160. The molecule has 5 heteroatoms. The number of nitriles is 1. The van der Waals surface area contributed by atoms with Crippen molar-refractivity contribution in [3.63, 3.8) is 0 Å². The van der Waals surface area contributed by atoms with E-state index in [9.17, 15) is 9.18 Å². The van der Waals surface area contributed by atoms with Crippen LogP contribution in [0, 0.1) is 17.1 Å². The molecule has 0 bridgehead atoms. The lowest BCUT2D eigenvalue weighted by Crippen LogP contribution is -2.39. The predicted molar refractivity (Wildman–Crippen MR) is 82.1 cm³/mol. The van der Waals surface area contributed by atoms with Crippen LogP contribution in [0.3, 0.4) is 0 Å². The summed E-state index contributed by atoms with van der Waals surface area (Å²) in [5.41, 5.74) is 0.000329. The summed E-state index contributed by atoms with van der Waals surface area (Å²) in [5.74, 6) is -0.556. The van der Waals surface area contributed by atoms with Gasteiger partial charge in [0.2, 0.25) is 0 Å². The standard InChI is InChI=1S/C18H16FNO3/c1-18(2,23-16-8-6-15(19)7-9-16)17(21)22-12-14-5-3-4-13(10-14)11-20/h3-10H,12H2,1-2H3. The van der Waals surface area contributed by atoms with Crippen molar-refractivity contribution < 1.29 is 18.7 Å². The van der Waals surface area contributed by atoms with Crippen LogP contribution in [0.25, 0.3) is 0 Å². The summed E-state index contributed by atoms with van der Waals surface area (Å²) in [7, 11) is 0. The zero-order chi connectivity index (χ0) is 16.9. The fourth-order valence-electron chi connectivity index (χ4n) is 1.89. The van der Waals surface area contributed by atoms with Crippen LogP contribution in [0.15, 0.2) is 48.5 Å². The SMILES string of the molecule is CC(C)(Oc1ccc(F)cc1)C(=O)OCc1cccc(C#N)c1. The van der Waals surface area contributed by atoms with Crippen LogP contribution in [-0.4, -0.2) is 11.6 Å². The Kier molecular flexibility index (Phi) is 4.97. The summed E-state index contributed by atoms with van der Waals surface area (Å²) >= 11 is 0. The molecule has 0 fully saturated rings. The molecule has 0 heterocycles. The number of hydrogen-bond acceptors (Lipinski definition) is 4. The Hall–Kier alpha value is -2.87. The molecule has 0 amide bonds. The van der Waals surface area contributed by atoms with Crippen LogP contribution < -0.4 is 4.74 Å². The minimum absolute atomic E-state index is 0.0462. The average molecular weight is 313 g/mol. The van der Waals surface area contributed by atoms with E-state index in [0.29, 0.717) is 11.3 Å². The van der Waals surface area contributed by atoms with Crippen LogP contribution in [0.4, 0.5) is 4.39 Å². The summed E-state index contributed by atoms with van der Waals surface area (Å²) < 4.78 is 23.7. The third-order valence-electron chi connectivity index (χ3n) is 3.10. The number of carbonyl (C=O) groups is 1. The molecule has 4 nitrogen and oxygen atoms in total. The second-order valence-electron chi connectivity index (χ2n) is 5.45. The highest BCUT2D eigenvalue weighted by atomic mass is 19.1. The topological polar surface area (TPSA) is 59.3 Å². The molecule has 0 aliphatic rings. The van der Waals surface area contributed by atoms with E-state index in [2.05, 4.69) is 0 Å². The molecule has 0 spiro atoms. The molecule has 0 aliphatic heterocycles. The molecule has 118 valence electrons. The molecule has 0 aliphatic carbocycles. The van der Waals surface area contributed by atoms with E-state index in [1.54, 1.807) is 38.1 Å². The predicted octanol–water partition coefficient (Wildman–Crippen LogP) is 3.60. The zero-order valence-corrected chi connectivity index (χ0v) is 12.9. The van der Waals surface area contributed by atoms with E-state index in [4.69, 9.17) is 14.7 Å². The van der Waals surface area contributed by atoms with Gasteiger partial charge in [-0.25, -0.2) is 9.18 Å². The molecule has 2 aromatic carbocycles. The number of ether oxygens (including phenoxy) is 2. The van der Waals surface area contributed by atoms with Gasteiger partial charge in [0.25, 0.3) is 0 Å². The van der Waals surface area contributed by atoms with Crippen molar-refractivity contribution in [2.24, 2.45) is 0 Å². The first-order valence-corrected chi connectivity index (χ1v) is 7.01. The first kappa shape index (κ1) is 16.5. The first-order chi connectivity index (χ1) is 10.9. The summed E-state index contributed by atoms with van der Waals surface area (Å²) in [6.07, 6.45) is 0. The maximum Gasteiger partial charge on any atom is 0.350 e. The molecule has 0 N–H and O–H groups in total. The first-order valence-electron chi connectivity index (χ1n) is 7.01. The molecule has 23 heavy (non-hydrogen) atoms. The Bertz CT molecular complexity index is 733. The second-order valence-corrected chi connectivity index (χ2v) is 5.45. The van der Waals surface area contributed by atoms with Gasteiger partial charge in [0.15, 0.2) is 5.60 Å². The van der Waals surface area contributed by atoms with E-state index >= 15 is 0 Å². The number of hydrogen-bond donors (Lipinski definition) is 0. The van der Waals surface area contributed by atoms with Crippen molar-refractivity contribution in [2.75, 3.05) is 0 Å². The maximum atomic E-state index is 12.9. The van der Waals surface area contributed by atoms with Crippen molar-refractivity contribution in [1.29, 1.82) is 5.26 Å². The molecule has 2 rings (SSSR count). The van der Waals surface area contributed by atoms with Gasteiger partial charge >= 0.3 is 5.97 Å². The number of nitrogens with zero attached hydrogens (tertiary/aromatic N) is 1. The lowest BCUT2D eigenvalue weighted by Gasteiger charge is -2.24. The molecule has 2 aromatic rings. The number of rotatable bonds is 5. The van der Waals surface area contributed by atoms with Crippen molar-refractivity contribution >= 4 is 5.97 Å². The van der Waals surface area contributed by atoms with Gasteiger partial charge in [0, 0.05) is 0 Å². The van der Waals surface area contributed by atoms with Gasteiger partial charge < -0.3 is 9.47 Å². The Balaban J connectivity index is 1.98. The molecular weight excluding hydrogens is 297 g/mol. The van der Waals surface area contributed by atoms with Crippen LogP contribution in [0.2, 0.25) is 0 Å². The third-order valence-corrected chi connectivity index (χ3v) is 3.10. The fraction of sp³-hybridized carbons (Fsp3) is 0.222. The Morgan fingerprint density at radius 1 is 1.22 bits per heavy atom. The molecule has 0 aromatic heterocycles. The van der Waals surface area contributed by atoms with E-state index in [1.807, 2.05) is 6.07 Å². The summed E-state index contributed by atoms with van der Waals surface area (Å²) in [5, 5.41) is 8.85. The summed E-state index contributed by atoms with van der Waals surface area (Å²) in [6, 6.07) is 14.2. The van der Waals surface area contributed by atoms with Gasteiger partial charge in [-0.05, 0) is 55.8 Å². The van der Waals surface area contributed by atoms with Gasteiger partial charge in [-0.2, -0.15) is 5.26 Å². The number of carbonyl (C=O) groups excluding carboxylic acids is 1. The van der Waals surface area contributed by atoms with Crippen molar-refractivity contribution in [1.82, 2.24) is 0 Å². The number of esters is 1. The largest absolute Gasteiger partial charge is 0.476 e. The van der Waals surface area contributed by atoms with E-state index in [-0.39, 0.29) is 12.4 Å². The van der Waals surface area contributed by atoms with Gasteiger partial charge in [-0.15, -0.1) is 0 Å². The van der Waals surface area contributed by atoms with Gasteiger partial charge in [-0.1, -0.05) is 12.1 Å². The van der Waals surface area contributed by atoms with E-state index in [0.717, 1.165) is 5.56 Å². The van der Waals surface area contributed by atoms with Gasteiger partial charge in [-0.3, -0.25) is 0 Å². The number of halogens is 1. The number of benzene rings is 2. The Morgan fingerprint density at radius 3 is 2.57 bits per heavy atom. The highest BCUT2D eigenvalue weighted by Crippen LogP contribution is 2.20. The van der Waals surface area contributed by atoms with Crippen LogP contribution in [0.1, 0.15) is 25.0 Å². The zero-order valence-electron chi connectivity index (χ0n) is 12.9. The van der Waals surface area contributed by atoms with Crippen LogP contribution in [0.5, 0.6) is 5.75 Å². The Labute approximate surface area is 134 Å². The Morgan fingerprint density at radius 2 is 1.91 bits per heavy atom. The maximum absolute atomic E-state index is 12.9. The smallest absolute Gasteiger partial charge is 0.350 e. The molecule has 0 radical (unpaired) electrons. The van der Waals surface area contributed by atoms with Crippen molar-refractivity contribution in [3.8, 4) is 11.8 Å². The van der Waals surface area contributed by atoms with E-state index < -0.39 is 11.6 Å². The molecular formula is C18H16FNO3. The minimum atomic E-state index is -1.22. The third kappa shape index (κ3) is 4.55. The van der Waals surface area contributed by atoms with Crippen molar-refractivity contribution in [2.45, 2.75) is 26.1 Å². The molecule has 0 atom stereocenters. The molecule has 0 saturated carbocycles. The second kappa shape index (κ2) is 6.93. The fourth-order valence-corrected chi connectivity index (χ4v) is 1.89. The lowest BCUT2D eigenvalue weighted by atomic mass is 10.1. The van der Waals surface area contributed by atoms with E-state index in [1.165, 1.54) is 24.3 Å². The van der Waals surface area contributed by atoms with Gasteiger partial charge in [0.1, 0.15) is 18.2 Å². The van der Waals surface area contributed by atoms with Gasteiger partial charge in [0.05, 0.1) is 11.6 Å². The average Bonchev–Trinajstić information content (AvgIpc) is 2.54. The normalized spacial score (nSPS) is 10.7. The molecule has 0 unspecified atom stereocenters. The summed E-state index contributed by atoms with van der Waals surface area (Å²) in [4.78, 5) is 12.2. The van der Waals surface area contributed by atoms with Crippen LogP contribution >= 0.6 is 0 Å².